The molecule has 0 aliphatic carbocycles. The molecule has 0 bridgehead atoms. The van der Waals surface area contributed by atoms with E-state index in [0.29, 0.717) is 12.4 Å². The number of carbonyl (C=O) groups excluding carboxylic acids is 1. The average Bonchev–Trinajstić information content (AvgIpc) is 2.59. The molecule has 2 rings (SSSR count). The Hall–Kier alpha value is -1.76. The van der Waals surface area contributed by atoms with Gasteiger partial charge in [0.2, 0.25) is 0 Å². The monoisotopic (exact) mass is 439 g/mol. The number of halogens is 1. The quantitative estimate of drug-likeness (QED) is 0.448. The summed E-state index contributed by atoms with van der Waals surface area (Å²) in [7, 11) is 0. The first-order valence-electron chi connectivity index (χ1n) is 8.08. The maximum absolute atomic E-state index is 11.9. The second-order valence-electron chi connectivity index (χ2n) is 5.37. The fraction of sp³-hybridized carbons (Fsp3) is 0.316. The summed E-state index contributed by atoms with van der Waals surface area (Å²) >= 11 is 2.22. The van der Waals surface area contributed by atoms with Crippen molar-refractivity contribution in [1.82, 2.24) is 0 Å². The van der Waals surface area contributed by atoms with E-state index in [0.717, 1.165) is 27.8 Å². The molecule has 0 saturated carbocycles. The number of ether oxygens (including phenoxy) is 2. The lowest BCUT2D eigenvalue weighted by molar-refractivity contribution is -0.118. The molecule has 2 aromatic rings. The van der Waals surface area contributed by atoms with Crippen molar-refractivity contribution in [3.05, 3.63) is 52.1 Å². The smallest absolute Gasteiger partial charge is 0.262 e. The van der Waals surface area contributed by atoms with Crippen molar-refractivity contribution in [2.45, 2.75) is 26.2 Å². The summed E-state index contributed by atoms with van der Waals surface area (Å²) in [5, 5.41) is 2.80. The highest BCUT2D eigenvalue weighted by Gasteiger charge is 2.05. The molecule has 0 aliphatic rings. The van der Waals surface area contributed by atoms with Gasteiger partial charge in [0.25, 0.3) is 5.91 Å². The Morgan fingerprint density at radius 3 is 2.46 bits per heavy atom. The average molecular weight is 439 g/mol. The van der Waals surface area contributed by atoms with Gasteiger partial charge in [0.1, 0.15) is 11.5 Å². The van der Waals surface area contributed by atoms with Crippen LogP contribution in [-0.4, -0.2) is 19.1 Å². The minimum Gasteiger partial charge on any atom is -0.493 e. The van der Waals surface area contributed by atoms with E-state index >= 15 is 0 Å². The summed E-state index contributed by atoms with van der Waals surface area (Å²) in [5.74, 6) is 1.20. The van der Waals surface area contributed by atoms with Gasteiger partial charge in [0.05, 0.1) is 6.61 Å². The second-order valence-corrected chi connectivity index (χ2v) is 6.62. The topological polar surface area (TPSA) is 47.6 Å². The van der Waals surface area contributed by atoms with Crippen LogP contribution in [0.25, 0.3) is 0 Å². The van der Waals surface area contributed by atoms with E-state index in [1.165, 1.54) is 6.42 Å². The number of benzene rings is 2. The van der Waals surface area contributed by atoms with E-state index in [9.17, 15) is 4.79 Å². The van der Waals surface area contributed by atoms with Crippen molar-refractivity contribution >= 4 is 34.2 Å². The zero-order valence-electron chi connectivity index (χ0n) is 13.8. The molecule has 0 saturated heterocycles. The Morgan fingerprint density at radius 1 is 1.04 bits per heavy atom. The Bertz CT molecular complexity index is 643. The predicted molar refractivity (Wildman–Crippen MR) is 105 cm³/mol. The molecular formula is C19H22INO3. The lowest BCUT2D eigenvalue weighted by atomic mass is 10.3. The van der Waals surface area contributed by atoms with Gasteiger partial charge >= 0.3 is 0 Å². The highest BCUT2D eigenvalue weighted by Crippen LogP contribution is 2.20. The van der Waals surface area contributed by atoms with Gasteiger partial charge in [0, 0.05) is 15.3 Å². The SMILES string of the molecule is CCCCCOc1cccc(OCC(=O)Nc2ccc(I)cc2)c1. The van der Waals surface area contributed by atoms with E-state index in [1.807, 2.05) is 48.5 Å². The second kappa shape index (κ2) is 10.2. The first-order chi connectivity index (χ1) is 11.7. The maximum atomic E-state index is 11.9. The molecule has 2 aromatic carbocycles. The third kappa shape index (κ3) is 6.78. The van der Waals surface area contributed by atoms with Crippen LogP contribution in [0, 0.1) is 3.57 Å². The van der Waals surface area contributed by atoms with Crippen molar-refractivity contribution in [2.24, 2.45) is 0 Å². The fourth-order valence-electron chi connectivity index (χ4n) is 2.08. The summed E-state index contributed by atoms with van der Waals surface area (Å²) in [4.78, 5) is 11.9. The largest absolute Gasteiger partial charge is 0.493 e. The maximum Gasteiger partial charge on any atom is 0.262 e. The minimum atomic E-state index is -0.189. The van der Waals surface area contributed by atoms with Crippen molar-refractivity contribution < 1.29 is 14.3 Å². The summed E-state index contributed by atoms with van der Waals surface area (Å²) in [5.41, 5.74) is 0.761. The Morgan fingerprint density at radius 2 is 1.75 bits per heavy atom. The number of carbonyl (C=O) groups is 1. The van der Waals surface area contributed by atoms with Gasteiger partial charge in [-0.3, -0.25) is 4.79 Å². The van der Waals surface area contributed by atoms with Crippen LogP contribution in [-0.2, 0) is 4.79 Å². The normalized spacial score (nSPS) is 10.2. The number of rotatable bonds is 9. The van der Waals surface area contributed by atoms with Crippen molar-refractivity contribution in [2.75, 3.05) is 18.5 Å². The molecule has 0 fully saturated rings. The summed E-state index contributed by atoms with van der Waals surface area (Å²) in [6, 6.07) is 15.0. The molecule has 128 valence electrons. The number of anilines is 1. The first kappa shape index (κ1) is 18.6. The molecule has 0 radical (unpaired) electrons. The number of unbranched alkanes of at least 4 members (excludes halogenated alkanes) is 2. The fourth-order valence-corrected chi connectivity index (χ4v) is 2.43. The number of nitrogens with one attached hydrogen (secondary N) is 1. The van der Waals surface area contributed by atoms with E-state index in [1.54, 1.807) is 0 Å². The van der Waals surface area contributed by atoms with Crippen LogP contribution in [0.2, 0.25) is 0 Å². The van der Waals surface area contributed by atoms with Gasteiger partial charge in [-0.2, -0.15) is 0 Å². The number of amides is 1. The van der Waals surface area contributed by atoms with E-state index < -0.39 is 0 Å². The summed E-state index contributed by atoms with van der Waals surface area (Å²) in [6.07, 6.45) is 3.37. The van der Waals surface area contributed by atoms with Gasteiger partial charge in [-0.05, 0) is 65.4 Å². The van der Waals surface area contributed by atoms with Gasteiger partial charge in [-0.15, -0.1) is 0 Å². The summed E-state index contributed by atoms with van der Waals surface area (Å²) in [6.45, 7) is 2.83. The number of hydrogen-bond donors (Lipinski definition) is 1. The van der Waals surface area contributed by atoms with Crippen LogP contribution < -0.4 is 14.8 Å². The minimum absolute atomic E-state index is 0.0364. The lowest BCUT2D eigenvalue weighted by Gasteiger charge is -2.10. The molecular weight excluding hydrogens is 417 g/mol. The van der Waals surface area contributed by atoms with E-state index in [4.69, 9.17) is 9.47 Å². The van der Waals surface area contributed by atoms with Crippen molar-refractivity contribution in [3.63, 3.8) is 0 Å². The Labute approximate surface area is 156 Å². The first-order valence-corrected chi connectivity index (χ1v) is 9.16. The standard InChI is InChI=1S/C19H22INO3/c1-2-3-4-12-23-17-6-5-7-18(13-17)24-14-19(22)21-16-10-8-15(20)9-11-16/h5-11,13H,2-4,12,14H2,1H3,(H,21,22). The zero-order valence-corrected chi connectivity index (χ0v) is 15.9. The molecule has 4 nitrogen and oxygen atoms in total. The molecule has 1 amide bonds. The molecule has 0 unspecified atom stereocenters. The molecule has 0 spiro atoms. The van der Waals surface area contributed by atoms with Crippen molar-refractivity contribution in [3.8, 4) is 11.5 Å². The third-order valence-corrected chi connectivity index (χ3v) is 4.04. The molecule has 0 atom stereocenters. The van der Waals surface area contributed by atoms with Crippen LogP contribution in [0.3, 0.4) is 0 Å². The van der Waals surface area contributed by atoms with Gasteiger partial charge < -0.3 is 14.8 Å². The van der Waals surface area contributed by atoms with Gasteiger partial charge in [-0.25, -0.2) is 0 Å². The van der Waals surface area contributed by atoms with Crippen molar-refractivity contribution in [1.29, 1.82) is 0 Å². The lowest BCUT2D eigenvalue weighted by Crippen LogP contribution is -2.20. The highest BCUT2D eigenvalue weighted by molar-refractivity contribution is 14.1. The predicted octanol–water partition coefficient (Wildman–Crippen LogP) is 4.88. The molecule has 1 N–H and O–H groups in total. The van der Waals surface area contributed by atoms with E-state index in [2.05, 4.69) is 34.8 Å². The summed E-state index contributed by atoms with van der Waals surface area (Å²) < 4.78 is 12.3. The Kier molecular flexibility index (Phi) is 7.88. The molecule has 0 heterocycles. The van der Waals surface area contributed by atoms with Gasteiger partial charge in [0.15, 0.2) is 6.61 Å². The molecule has 5 heteroatoms. The molecule has 0 aromatic heterocycles. The van der Waals surface area contributed by atoms with Crippen LogP contribution in [0.5, 0.6) is 11.5 Å². The molecule has 24 heavy (non-hydrogen) atoms. The third-order valence-electron chi connectivity index (χ3n) is 3.32. The van der Waals surface area contributed by atoms with Crippen LogP contribution in [0.4, 0.5) is 5.69 Å². The Balaban J connectivity index is 1.78. The van der Waals surface area contributed by atoms with Gasteiger partial charge in [-0.1, -0.05) is 25.8 Å². The van der Waals surface area contributed by atoms with Crippen LogP contribution in [0.1, 0.15) is 26.2 Å². The van der Waals surface area contributed by atoms with Crippen LogP contribution >= 0.6 is 22.6 Å². The highest BCUT2D eigenvalue weighted by atomic mass is 127. The molecule has 0 aliphatic heterocycles. The van der Waals surface area contributed by atoms with E-state index in [-0.39, 0.29) is 12.5 Å². The zero-order chi connectivity index (χ0) is 17.2. The number of hydrogen-bond acceptors (Lipinski definition) is 3. The van der Waals surface area contributed by atoms with Crippen LogP contribution in [0.15, 0.2) is 48.5 Å².